The van der Waals surface area contributed by atoms with Crippen molar-refractivity contribution in [2.75, 3.05) is 0 Å². The summed E-state index contributed by atoms with van der Waals surface area (Å²) in [6, 6.07) is 0. The van der Waals surface area contributed by atoms with Gasteiger partial charge in [-0.05, 0) is 0 Å². The zero-order chi connectivity index (χ0) is 11.1. The van der Waals surface area contributed by atoms with Gasteiger partial charge in [0.25, 0.3) is 0 Å². The van der Waals surface area contributed by atoms with Gasteiger partial charge < -0.3 is 0 Å². The van der Waals surface area contributed by atoms with Crippen LogP contribution in [0.1, 0.15) is 6.42 Å². The molecule has 0 bridgehead atoms. The first kappa shape index (κ1) is 12.5. The van der Waals surface area contributed by atoms with Crippen molar-refractivity contribution in [1.29, 1.82) is 0 Å². The van der Waals surface area contributed by atoms with Crippen LogP contribution in [0.5, 0.6) is 0 Å². The molecule has 1 aliphatic rings. The molecular weight excluding hydrogens is 261 g/mol. The van der Waals surface area contributed by atoms with Crippen LogP contribution < -0.4 is 0 Å². The van der Waals surface area contributed by atoms with Gasteiger partial charge in [0.05, 0.1) is 0 Å². The number of rotatable bonds is 2. The topological polar surface area (TPSA) is 0 Å². The Labute approximate surface area is 99.1 Å². The van der Waals surface area contributed by atoms with Gasteiger partial charge in [-0.3, -0.25) is 0 Å². The van der Waals surface area contributed by atoms with Gasteiger partial charge in [-0.2, -0.15) is 0 Å². The van der Waals surface area contributed by atoms with Gasteiger partial charge in [0.15, 0.2) is 0 Å². The zero-order valence-electron chi connectivity index (χ0n) is 10.8. The molecule has 0 aromatic rings. The second kappa shape index (κ2) is 3.79. The second-order valence-electron chi connectivity index (χ2n) is 6.48. The molecule has 0 N–H and O–H groups in total. The van der Waals surface area contributed by atoms with E-state index in [4.69, 9.17) is 0 Å². The molecule has 0 fully saturated rings. The molecule has 0 amide bonds. The van der Waals surface area contributed by atoms with Gasteiger partial charge >= 0.3 is 99.2 Å². The third-order valence-corrected chi connectivity index (χ3v) is 10.3. The maximum absolute atomic E-state index is 2.56. The SMILES string of the molecule is C[Si](C)(C)C1=CC[C]([GeH3])=C1[Si](C)(C)C. The van der Waals surface area contributed by atoms with Crippen LogP contribution in [0.3, 0.4) is 0 Å². The molecular formula is C11H24GeSi2. The van der Waals surface area contributed by atoms with E-state index in [1.54, 1.807) is 5.20 Å². The first-order chi connectivity index (χ1) is 6.14. The van der Waals surface area contributed by atoms with Crippen molar-refractivity contribution in [2.24, 2.45) is 0 Å². The summed E-state index contributed by atoms with van der Waals surface area (Å²) in [4.78, 5) is 0. The summed E-state index contributed by atoms with van der Waals surface area (Å²) >= 11 is 0.903. The van der Waals surface area contributed by atoms with Crippen molar-refractivity contribution in [3.63, 3.8) is 0 Å². The molecule has 0 unspecified atom stereocenters. The Morgan fingerprint density at radius 2 is 1.50 bits per heavy atom. The predicted octanol–water partition coefficient (Wildman–Crippen LogP) is 2.69. The minimum absolute atomic E-state index is 0.903. The second-order valence-corrected chi connectivity index (χ2v) is 19.0. The van der Waals surface area contributed by atoms with E-state index in [1.807, 2.05) is 9.60 Å². The molecule has 0 spiro atoms. The van der Waals surface area contributed by atoms with Gasteiger partial charge in [-0.1, -0.05) is 0 Å². The van der Waals surface area contributed by atoms with Crippen LogP contribution >= 0.6 is 0 Å². The summed E-state index contributed by atoms with van der Waals surface area (Å²) in [5.74, 6) is 0. The zero-order valence-corrected chi connectivity index (χ0v) is 17.0. The molecule has 0 aromatic carbocycles. The van der Waals surface area contributed by atoms with Gasteiger partial charge in [0.2, 0.25) is 0 Å². The van der Waals surface area contributed by atoms with Gasteiger partial charge in [0.1, 0.15) is 0 Å². The van der Waals surface area contributed by atoms with Crippen LogP contribution in [-0.4, -0.2) is 32.7 Å². The Morgan fingerprint density at radius 1 is 1.00 bits per heavy atom. The summed E-state index contributed by atoms with van der Waals surface area (Å²) in [7, 11) is -2.14. The number of hydrogen-bond donors (Lipinski definition) is 0. The molecule has 0 saturated carbocycles. The molecule has 80 valence electrons. The molecule has 0 heterocycles. The Kier molecular flexibility index (Phi) is 3.40. The van der Waals surface area contributed by atoms with E-state index in [-0.39, 0.29) is 0 Å². The van der Waals surface area contributed by atoms with Gasteiger partial charge in [-0.25, -0.2) is 0 Å². The summed E-state index contributed by atoms with van der Waals surface area (Å²) in [6.45, 7) is 15.0. The summed E-state index contributed by atoms with van der Waals surface area (Å²) < 4.78 is 1.84. The number of allylic oxidation sites excluding steroid dienone is 4. The molecule has 1 rings (SSSR count). The Hall–Kier alpha value is 0.457. The summed E-state index contributed by atoms with van der Waals surface area (Å²) in [6.07, 6.45) is 3.86. The molecule has 14 heavy (non-hydrogen) atoms. The molecule has 3 heteroatoms. The Balaban J connectivity index is 3.15. The van der Waals surface area contributed by atoms with E-state index in [9.17, 15) is 0 Å². The summed E-state index contributed by atoms with van der Waals surface area (Å²) in [5, 5.41) is 3.68. The van der Waals surface area contributed by atoms with E-state index in [0.29, 0.717) is 0 Å². The van der Waals surface area contributed by atoms with Crippen molar-refractivity contribution in [2.45, 2.75) is 45.7 Å². The van der Waals surface area contributed by atoms with E-state index >= 15 is 0 Å². The van der Waals surface area contributed by atoms with Crippen molar-refractivity contribution < 1.29 is 0 Å². The molecule has 0 aromatic heterocycles. The first-order valence-corrected chi connectivity index (χ1v) is 14.6. The molecule has 1 aliphatic carbocycles. The van der Waals surface area contributed by atoms with Crippen molar-refractivity contribution in [1.82, 2.24) is 0 Å². The van der Waals surface area contributed by atoms with Crippen LogP contribution in [0, 0.1) is 0 Å². The first-order valence-electron chi connectivity index (χ1n) is 5.55. The fourth-order valence-electron chi connectivity index (χ4n) is 2.41. The quantitative estimate of drug-likeness (QED) is 0.684. The average Bonchev–Trinajstić information content (AvgIpc) is 2.27. The third-order valence-electron chi connectivity index (χ3n) is 2.87. The van der Waals surface area contributed by atoms with Crippen molar-refractivity contribution in [3.05, 3.63) is 20.9 Å². The van der Waals surface area contributed by atoms with E-state index in [2.05, 4.69) is 45.4 Å². The van der Waals surface area contributed by atoms with E-state index < -0.39 is 16.1 Å². The Bertz CT molecular complexity index is 300. The van der Waals surface area contributed by atoms with Crippen LogP contribution in [0.4, 0.5) is 0 Å². The van der Waals surface area contributed by atoms with Crippen LogP contribution in [0.15, 0.2) is 20.9 Å². The standard InChI is InChI=1S/C11H24GeSi2/c1-13(2,3)10-8-7-9(12)11(10)14(4,5)6/h8H,7H2,1-6,12H3. The van der Waals surface area contributed by atoms with E-state index in [0.717, 1.165) is 16.5 Å². The van der Waals surface area contributed by atoms with Crippen LogP contribution in [0.25, 0.3) is 0 Å². The monoisotopic (exact) mass is 286 g/mol. The fourth-order valence-corrected chi connectivity index (χ4v) is 14.9. The Morgan fingerprint density at radius 3 is 1.79 bits per heavy atom. The van der Waals surface area contributed by atoms with Crippen molar-refractivity contribution in [3.8, 4) is 0 Å². The van der Waals surface area contributed by atoms with Crippen molar-refractivity contribution >= 4 is 32.7 Å². The van der Waals surface area contributed by atoms with Crippen LogP contribution in [0.2, 0.25) is 39.3 Å². The maximum atomic E-state index is 2.56. The fraction of sp³-hybridized carbons (Fsp3) is 0.636. The molecule has 0 saturated heterocycles. The molecule has 0 atom stereocenters. The predicted molar refractivity (Wildman–Crippen MR) is 76.4 cm³/mol. The molecule has 0 aliphatic heterocycles. The molecule has 0 radical (unpaired) electrons. The van der Waals surface area contributed by atoms with Gasteiger partial charge in [-0.15, -0.1) is 0 Å². The van der Waals surface area contributed by atoms with Gasteiger partial charge in [0, 0.05) is 0 Å². The average molecular weight is 285 g/mol. The van der Waals surface area contributed by atoms with Crippen LogP contribution in [-0.2, 0) is 0 Å². The number of hydrogen-bond acceptors (Lipinski definition) is 0. The third kappa shape index (κ3) is 2.52. The minimum atomic E-state index is -1.07. The molecule has 0 nitrogen and oxygen atoms in total. The van der Waals surface area contributed by atoms with E-state index in [1.165, 1.54) is 6.42 Å². The normalized spacial score (nSPS) is 19.1. The summed E-state index contributed by atoms with van der Waals surface area (Å²) in [5.41, 5.74) is 0.